The number of rotatable bonds is 2. The van der Waals surface area contributed by atoms with Crippen LogP contribution >= 0.6 is 0 Å². The second-order valence-electron chi connectivity index (χ2n) is 2.83. The van der Waals surface area contributed by atoms with Gasteiger partial charge in [0.25, 0.3) is 0 Å². The summed E-state index contributed by atoms with van der Waals surface area (Å²) in [7, 11) is 0. The lowest BCUT2D eigenvalue weighted by Crippen LogP contribution is -2.09. The van der Waals surface area contributed by atoms with E-state index in [0.717, 1.165) is 11.3 Å². The van der Waals surface area contributed by atoms with Crippen molar-refractivity contribution in [2.24, 2.45) is 0 Å². The Kier molecular flexibility index (Phi) is 2.65. The Balaban J connectivity index is 3.09. The molecule has 3 heteroatoms. The highest BCUT2D eigenvalue weighted by Crippen LogP contribution is 2.16. The molecule has 66 valence electrons. The van der Waals surface area contributed by atoms with E-state index >= 15 is 0 Å². The van der Waals surface area contributed by atoms with Gasteiger partial charge in [-0.2, -0.15) is 0 Å². The van der Waals surface area contributed by atoms with Crippen LogP contribution in [0.2, 0.25) is 0 Å². The molecular formula is C9H13NO2. The molecule has 0 aromatic carbocycles. The van der Waals surface area contributed by atoms with Crippen LogP contribution in [0.1, 0.15) is 30.7 Å². The van der Waals surface area contributed by atoms with E-state index in [-0.39, 0.29) is 5.56 Å². The van der Waals surface area contributed by atoms with Gasteiger partial charge >= 0.3 is 0 Å². The number of pyridine rings is 1. The fourth-order valence-corrected chi connectivity index (χ4v) is 1.17. The molecule has 12 heavy (non-hydrogen) atoms. The fraction of sp³-hybridized carbons (Fsp3) is 0.444. The lowest BCUT2D eigenvalue weighted by atomic mass is 10.1. The number of nitrogens with one attached hydrogen (secondary N) is 1. The van der Waals surface area contributed by atoms with Gasteiger partial charge in [-0.05, 0) is 25.0 Å². The van der Waals surface area contributed by atoms with Gasteiger partial charge in [0.2, 0.25) is 5.56 Å². The molecule has 0 fully saturated rings. The molecule has 2 N–H and O–H groups in total. The van der Waals surface area contributed by atoms with Crippen LogP contribution in [0.25, 0.3) is 0 Å². The monoisotopic (exact) mass is 167 g/mol. The molecule has 3 nitrogen and oxygen atoms in total. The van der Waals surface area contributed by atoms with Crippen LogP contribution in [0.4, 0.5) is 0 Å². The zero-order chi connectivity index (χ0) is 9.14. The van der Waals surface area contributed by atoms with Crippen molar-refractivity contribution in [3.63, 3.8) is 0 Å². The predicted octanol–water partition coefficient (Wildman–Crippen LogP) is 1.13. The van der Waals surface area contributed by atoms with Gasteiger partial charge in [-0.3, -0.25) is 4.79 Å². The summed E-state index contributed by atoms with van der Waals surface area (Å²) < 4.78 is 0. The van der Waals surface area contributed by atoms with Gasteiger partial charge < -0.3 is 10.1 Å². The standard InChI is InChI=1S/C9H13NO2/c1-3-8(11)7-4-5-9(12)10-6(7)2/h4-5,8,11H,3H2,1-2H3,(H,10,12)/t8-/m1/s1. The second kappa shape index (κ2) is 3.54. The maximum atomic E-state index is 10.8. The Bertz CT molecular complexity index is 317. The van der Waals surface area contributed by atoms with Crippen LogP contribution in [0, 0.1) is 6.92 Å². The summed E-state index contributed by atoms with van der Waals surface area (Å²) in [5.74, 6) is 0. The third-order valence-corrected chi connectivity index (χ3v) is 1.90. The van der Waals surface area contributed by atoms with E-state index in [0.29, 0.717) is 6.42 Å². The maximum Gasteiger partial charge on any atom is 0.248 e. The zero-order valence-corrected chi connectivity index (χ0v) is 7.29. The minimum absolute atomic E-state index is 0.125. The van der Waals surface area contributed by atoms with E-state index in [2.05, 4.69) is 4.98 Å². The quantitative estimate of drug-likeness (QED) is 0.693. The lowest BCUT2D eigenvalue weighted by molar-refractivity contribution is 0.172. The van der Waals surface area contributed by atoms with Gasteiger partial charge in [-0.15, -0.1) is 0 Å². The number of hydrogen-bond donors (Lipinski definition) is 2. The van der Waals surface area contributed by atoms with Crippen molar-refractivity contribution in [3.05, 3.63) is 33.7 Å². The molecule has 0 aliphatic rings. The molecule has 0 amide bonds. The molecule has 0 unspecified atom stereocenters. The fourth-order valence-electron chi connectivity index (χ4n) is 1.17. The summed E-state index contributed by atoms with van der Waals surface area (Å²) in [6.07, 6.45) is 0.189. The minimum Gasteiger partial charge on any atom is -0.388 e. The van der Waals surface area contributed by atoms with Crippen molar-refractivity contribution >= 4 is 0 Å². The summed E-state index contributed by atoms with van der Waals surface area (Å²) in [5.41, 5.74) is 1.42. The molecular weight excluding hydrogens is 154 g/mol. The molecule has 0 aliphatic carbocycles. The highest BCUT2D eigenvalue weighted by molar-refractivity contribution is 5.20. The van der Waals surface area contributed by atoms with E-state index in [1.807, 2.05) is 6.92 Å². The largest absolute Gasteiger partial charge is 0.388 e. The molecule has 1 aromatic heterocycles. The highest BCUT2D eigenvalue weighted by Gasteiger charge is 2.07. The molecule has 0 bridgehead atoms. The average Bonchev–Trinajstić information content (AvgIpc) is 2.03. The normalized spacial score (nSPS) is 12.9. The smallest absolute Gasteiger partial charge is 0.248 e. The van der Waals surface area contributed by atoms with Gasteiger partial charge in [0.1, 0.15) is 0 Å². The van der Waals surface area contributed by atoms with E-state index in [9.17, 15) is 9.90 Å². The Morgan fingerprint density at radius 2 is 2.25 bits per heavy atom. The van der Waals surface area contributed by atoms with Gasteiger partial charge in [0.05, 0.1) is 6.10 Å². The summed E-state index contributed by atoms with van der Waals surface area (Å²) in [6, 6.07) is 3.10. The van der Waals surface area contributed by atoms with Gasteiger partial charge in [-0.25, -0.2) is 0 Å². The second-order valence-corrected chi connectivity index (χ2v) is 2.83. The zero-order valence-electron chi connectivity index (χ0n) is 7.29. The SMILES string of the molecule is CC[C@@H](O)c1ccc(=O)[nH]c1C. The van der Waals surface area contributed by atoms with Crippen LogP contribution < -0.4 is 5.56 Å². The minimum atomic E-state index is -0.471. The van der Waals surface area contributed by atoms with Crippen molar-refractivity contribution in [1.29, 1.82) is 0 Å². The maximum absolute atomic E-state index is 10.8. The first-order chi connectivity index (χ1) is 5.65. The van der Waals surface area contributed by atoms with Gasteiger partial charge in [0, 0.05) is 11.8 Å². The van der Waals surface area contributed by atoms with E-state index in [1.54, 1.807) is 13.0 Å². The van der Waals surface area contributed by atoms with E-state index in [4.69, 9.17) is 0 Å². The Morgan fingerprint density at radius 3 is 2.75 bits per heavy atom. The molecule has 1 heterocycles. The van der Waals surface area contributed by atoms with Crippen molar-refractivity contribution in [2.45, 2.75) is 26.4 Å². The van der Waals surface area contributed by atoms with Crippen molar-refractivity contribution in [1.82, 2.24) is 4.98 Å². The summed E-state index contributed by atoms with van der Waals surface area (Å²) in [6.45, 7) is 3.69. The predicted molar refractivity (Wildman–Crippen MR) is 47.1 cm³/mol. The summed E-state index contributed by atoms with van der Waals surface area (Å²) >= 11 is 0. The number of aliphatic hydroxyl groups excluding tert-OH is 1. The lowest BCUT2D eigenvalue weighted by Gasteiger charge is -2.09. The Labute approximate surface area is 71.1 Å². The third kappa shape index (κ3) is 1.74. The van der Waals surface area contributed by atoms with E-state index in [1.165, 1.54) is 6.07 Å². The van der Waals surface area contributed by atoms with Crippen molar-refractivity contribution < 1.29 is 5.11 Å². The van der Waals surface area contributed by atoms with Gasteiger partial charge in [-0.1, -0.05) is 6.92 Å². The first-order valence-corrected chi connectivity index (χ1v) is 4.03. The average molecular weight is 167 g/mol. The molecule has 0 spiro atoms. The number of aryl methyl sites for hydroxylation is 1. The molecule has 1 rings (SSSR count). The molecule has 1 atom stereocenters. The topological polar surface area (TPSA) is 53.1 Å². The van der Waals surface area contributed by atoms with Gasteiger partial charge in [0.15, 0.2) is 0 Å². The van der Waals surface area contributed by atoms with Crippen LogP contribution in [-0.4, -0.2) is 10.1 Å². The molecule has 0 saturated carbocycles. The van der Waals surface area contributed by atoms with Crippen molar-refractivity contribution in [3.8, 4) is 0 Å². The number of H-pyrrole nitrogens is 1. The molecule has 0 aliphatic heterocycles. The number of hydrogen-bond acceptors (Lipinski definition) is 2. The summed E-state index contributed by atoms with van der Waals surface area (Å²) in [5, 5.41) is 9.48. The van der Waals surface area contributed by atoms with Crippen molar-refractivity contribution in [2.75, 3.05) is 0 Å². The molecule has 1 aromatic rings. The number of aromatic nitrogens is 1. The van der Waals surface area contributed by atoms with Crippen LogP contribution in [-0.2, 0) is 0 Å². The van der Waals surface area contributed by atoms with Crippen LogP contribution in [0.15, 0.2) is 16.9 Å². The first-order valence-electron chi connectivity index (χ1n) is 4.03. The Morgan fingerprint density at radius 1 is 1.58 bits per heavy atom. The van der Waals surface area contributed by atoms with Crippen LogP contribution in [0.3, 0.4) is 0 Å². The summed E-state index contributed by atoms with van der Waals surface area (Å²) in [4.78, 5) is 13.5. The first kappa shape index (κ1) is 9.00. The third-order valence-electron chi connectivity index (χ3n) is 1.90. The Hall–Kier alpha value is -1.09. The number of aromatic amines is 1. The van der Waals surface area contributed by atoms with Crippen LogP contribution in [0.5, 0.6) is 0 Å². The van der Waals surface area contributed by atoms with E-state index < -0.39 is 6.10 Å². The molecule has 0 radical (unpaired) electrons. The highest BCUT2D eigenvalue weighted by atomic mass is 16.3. The molecule has 0 saturated heterocycles. The number of aliphatic hydroxyl groups is 1.